The Hall–Kier alpha value is -1.60. The normalized spacial score (nSPS) is 10.6. The molecule has 0 aromatic carbocycles. The summed E-state index contributed by atoms with van der Waals surface area (Å²) in [4.78, 5) is 7.73. The number of halogens is 3. The molecule has 2 N–H and O–H groups in total. The Morgan fingerprint density at radius 1 is 1.32 bits per heavy atom. The summed E-state index contributed by atoms with van der Waals surface area (Å²) in [5.41, 5.74) is 6.52. The summed E-state index contributed by atoms with van der Waals surface area (Å²) in [7, 11) is 1.30. The van der Waals surface area contributed by atoms with Crippen molar-refractivity contribution in [2.45, 2.75) is 6.54 Å². The highest BCUT2D eigenvalue weighted by Crippen LogP contribution is 2.26. The SMILES string of the molecule is COc1nc(-c2ccc(Br)c(F)n2)c(CN)cc1F. The molecule has 2 aromatic rings. The van der Waals surface area contributed by atoms with Gasteiger partial charge in [-0.3, -0.25) is 0 Å². The van der Waals surface area contributed by atoms with Crippen molar-refractivity contribution in [2.75, 3.05) is 7.11 Å². The fourth-order valence-corrected chi connectivity index (χ4v) is 1.80. The van der Waals surface area contributed by atoms with Gasteiger partial charge in [-0.25, -0.2) is 14.4 Å². The monoisotopic (exact) mass is 329 g/mol. The molecule has 4 nitrogen and oxygen atoms in total. The van der Waals surface area contributed by atoms with Gasteiger partial charge in [-0.2, -0.15) is 4.39 Å². The zero-order valence-corrected chi connectivity index (χ0v) is 11.5. The zero-order chi connectivity index (χ0) is 14.0. The zero-order valence-electron chi connectivity index (χ0n) is 9.95. The van der Waals surface area contributed by atoms with Crippen molar-refractivity contribution in [3.8, 4) is 17.3 Å². The molecule has 0 amide bonds. The first-order valence-corrected chi connectivity index (χ1v) is 6.12. The first-order valence-electron chi connectivity index (χ1n) is 5.32. The second-order valence-corrected chi connectivity index (χ2v) is 4.51. The van der Waals surface area contributed by atoms with Crippen molar-refractivity contribution in [3.63, 3.8) is 0 Å². The minimum Gasteiger partial charge on any atom is -0.479 e. The van der Waals surface area contributed by atoms with Crippen LogP contribution in [0.2, 0.25) is 0 Å². The number of rotatable bonds is 3. The molecule has 0 saturated carbocycles. The van der Waals surface area contributed by atoms with E-state index in [9.17, 15) is 8.78 Å². The third-order valence-corrected chi connectivity index (χ3v) is 3.07. The molecule has 0 atom stereocenters. The topological polar surface area (TPSA) is 61.0 Å². The van der Waals surface area contributed by atoms with Gasteiger partial charge in [0.25, 0.3) is 5.88 Å². The van der Waals surface area contributed by atoms with E-state index in [1.54, 1.807) is 6.07 Å². The number of nitrogens with two attached hydrogens (primary N) is 1. The molecule has 2 heterocycles. The molecule has 0 fully saturated rings. The molecule has 19 heavy (non-hydrogen) atoms. The number of nitrogens with zero attached hydrogens (tertiary/aromatic N) is 2. The lowest BCUT2D eigenvalue weighted by Gasteiger charge is -2.09. The first kappa shape index (κ1) is 13.8. The minimum absolute atomic E-state index is 0.0581. The lowest BCUT2D eigenvalue weighted by molar-refractivity contribution is 0.369. The highest BCUT2D eigenvalue weighted by Gasteiger charge is 2.15. The van der Waals surface area contributed by atoms with Crippen molar-refractivity contribution in [2.24, 2.45) is 5.73 Å². The summed E-state index contributed by atoms with van der Waals surface area (Å²) in [5.74, 6) is -1.48. The molecule has 100 valence electrons. The number of hydrogen-bond acceptors (Lipinski definition) is 4. The van der Waals surface area contributed by atoms with Crippen LogP contribution in [-0.4, -0.2) is 17.1 Å². The summed E-state index contributed by atoms with van der Waals surface area (Å²) in [5, 5.41) is 0. The molecule has 0 bridgehead atoms. The van der Waals surface area contributed by atoms with Crippen molar-refractivity contribution in [1.82, 2.24) is 9.97 Å². The van der Waals surface area contributed by atoms with Crippen LogP contribution in [0.5, 0.6) is 5.88 Å². The second kappa shape index (κ2) is 5.58. The van der Waals surface area contributed by atoms with E-state index in [1.807, 2.05) is 0 Å². The van der Waals surface area contributed by atoms with Crippen LogP contribution in [0.3, 0.4) is 0 Å². The maximum Gasteiger partial charge on any atom is 0.250 e. The molecular formula is C12H10BrF2N3O. The third kappa shape index (κ3) is 2.71. The highest BCUT2D eigenvalue weighted by atomic mass is 79.9. The lowest BCUT2D eigenvalue weighted by Crippen LogP contribution is -2.05. The predicted octanol–water partition coefficient (Wildman–Crippen LogP) is 2.65. The molecular weight excluding hydrogens is 320 g/mol. The largest absolute Gasteiger partial charge is 0.479 e. The van der Waals surface area contributed by atoms with Crippen LogP contribution in [0.15, 0.2) is 22.7 Å². The Morgan fingerprint density at radius 3 is 2.63 bits per heavy atom. The number of aromatic nitrogens is 2. The van der Waals surface area contributed by atoms with E-state index >= 15 is 0 Å². The lowest BCUT2D eigenvalue weighted by atomic mass is 10.1. The van der Waals surface area contributed by atoms with E-state index in [0.717, 1.165) is 0 Å². The summed E-state index contributed by atoms with van der Waals surface area (Å²) >= 11 is 3.01. The van der Waals surface area contributed by atoms with Crippen LogP contribution in [0.4, 0.5) is 8.78 Å². The Kier molecular flexibility index (Phi) is 4.06. The molecule has 0 aliphatic carbocycles. The molecule has 0 aliphatic rings. The van der Waals surface area contributed by atoms with Gasteiger partial charge in [-0.05, 0) is 39.7 Å². The third-order valence-electron chi connectivity index (χ3n) is 2.48. The Bertz CT molecular complexity index is 622. The van der Waals surface area contributed by atoms with E-state index in [0.29, 0.717) is 11.3 Å². The maximum atomic E-state index is 13.5. The first-order chi connectivity index (χ1) is 9.06. The van der Waals surface area contributed by atoms with Crippen LogP contribution in [-0.2, 0) is 6.54 Å². The molecule has 2 aromatic heterocycles. The molecule has 0 radical (unpaired) electrons. The Morgan fingerprint density at radius 2 is 2.05 bits per heavy atom. The van der Waals surface area contributed by atoms with Gasteiger partial charge in [0.2, 0.25) is 5.95 Å². The van der Waals surface area contributed by atoms with Crippen LogP contribution in [0, 0.1) is 11.8 Å². The standard InChI is InChI=1S/C12H10BrF2N3O/c1-19-12-8(14)4-6(5-16)10(18-12)9-3-2-7(13)11(15)17-9/h2-4H,5,16H2,1H3. The van der Waals surface area contributed by atoms with Gasteiger partial charge in [0, 0.05) is 6.54 Å². The van der Waals surface area contributed by atoms with E-state index in [4.69, 9.17) is 10.5 Å². The van der Waals surface area contributed by atoms with E-state index in [1.165, 1.54) is 19.2 Å². The van der Waals surface area contributed by atoms with Gasteiger partial charge in [-0.15, -0.1) is 0 Å². The molecule has 0 saturated heterocycles. The Balaban J connectivity index is 2.62. The van der Waals surface area contributed by atoms with Gasteiger partial charge in [0.1, 0.15) is 0 Å². The van der Waals surface area contributed by atoms with E-state index in [-0.39, 0.29) is 22.6 Å². The van der Waals surface area contributed by atoms with Gasteiger partial charge < -0.3 is 10.5 Å². The summed E-state index contributed by atoms with van der Waals surface area (Å²) in [6, 6.07) is 4.27. The number of pyridine rings is 2. The average molecular weight is 330 g/mol. The molecule has 7 heteroatoms. The quantitative estimate of drug-likeness (QED) is 0.879. The summed E-state index contributed by atoms with van der Waals surface area (Å²) in [6.07, 6.45) is 0. The van der Waals surface area contributed by atoms with Crippen molar-refractivity contribution >= 4 is 15.9 Å². The van der Waals surface area contributed by atoms with Crippen molar-refractivity contribution < 1.29 is 13.5 Å². The highest BCUT2D eigenvalue weighted by molar-refractivity contribution is 9.10. The van der Waals surface area contributed by atoms with Crippen molar-refractivity contribution in [1.29, 1.82) is 0 Å². The number of methoxy groups -OCH3 is 1. The van der Waals surface area contributed by atoms with E-state index in [2.05, 4.69) is 25.9 Å². The number of hydrogen-bond donors (Lipinski definition) is 1. The van der Waals surface area contributed by atoms with Gasteiger partial charge in [0.05, 0.1) is 23.0 Å². The summed E-state index contributed by atoms with van der Waals surface area (Å²) in [6.45, 7) is 0.0581. The van der Waals surface area contributed by atoms with Crippen LogP contribution < -0.4 is 10.5 Å². The van der Waals surface area contributed by atoms with E-state index < -0.39 is 11.8 Å². The van der Waals surface area contributed by atoms with Crippen LogP contribution in [0.25, 0.3) is 11.4 Å². The summed E-state index contributed by atoms with van der Waals surface area (Å²) < 4.78 is 32.0. The van der Waals surface area contributed by atoms with Crippen molar-refractivity contribution in [3.05, 3.63) is 40.0 Å². The molecule has 0 spiro atoms. The number of ether oxygens (including phenoxy) is 1. The molecule has 2 rings (SSSR count). The maximum absolute atomic E-state index is 13.5. The molecule has 0 aliphatic heterocycles. The minimum atomic E-state index is -0.675. The van der Waals surface area contributed by atoms with Crippen LogP contribution in [0.1, 0.15) is 5.56 Å². The predicted molar refractivity (Wildman–Crippen MR) is 69.5 cm³/mol. The molecule has 0 unspecified atom stereocenters. The fourth-order valence-electron chi connectivity index (χ4n) is 1.58. The van der Waals surface area contributed by atoms with Gasteiger partial charge in [0.15, 0.2) is 5.82 Å². The average Bonchev–Trinajstić information content (AvgIpc) is 2.41. The fraction of sp³-hybridized carbons (Fsp3) is 0.167. The van der Waals surface area contributed by atoms with Gasteiger partial charge >= 0.3 is 0 Å². The van der Waals surface area contributed by atoms with Gasteiger partial charge in [-0.1, -0.05) is 0 Å². The smallest absolute Gasteiger partial charge is 0.250 e. The Labute approximate surface area is 116 Å². The van der Waals surface area contributed by atoms with Crippen LogP contribution >= 0.6 is 15.9 Å². The second-order valence-electron chi connectivity index (χ2n) is 3.66.